The fraction of sp³-hybridized carbons (Fsp3) is 0. The van der Waals surface area contributed by atoms with Gasteiger partial charge in [-0.15, -0.1) is 0 Å². The van der Waals surface area contributed by atoms with Gasteiger partial charge in [0.15, 0.2) is 0 Å². The highest BCUT2D eigenvalue weighted by Crippen LogP contribution is 2.56. The Balaban J connectivity index is 0.884. The van der Waals surface area contributed by atoms with E-state index in [0.29, 0.717) is 0 Å². The minimum absolute atomic E-state index is 0.302. The molecule has 2 aliphatic heterocycles. The first-order chi connectivity index (χ1) is 56.6. The Hall–Kier alpha value is -14.8. The molecule has 528 valence electrons. The number of hydrogen-bond acceptors (Lipinski definition) is 3. The maximum absolute atomic E-state index is 2.71. The van der Waals surface area contributed by atoms with E-state index in [-0.39, 0.29) is 6.71 Å². The van der Waals surface area contributed by atoms with Gasteiger partial charge in [0.05, 0.1) is 17.1 Å². The second kappa shape index (κ2) is 26.5. The number of anilines is 9. The molecule has 0 saturated heterocycles. The first kappa shape index (κ1) is 65.1. The van der Waals surface area contributed by atoms with Crippen molar-refractivity contribution in [3.8, 4) is 89.0 Å². The van der Waals surface area contributed by atoms with Crippen molar-refractivity contribution in [3.05, 3.63) is 425 Å². The third kappa shape index (κ3) is 10.5. The maximum Gasteiger partial charge on any atom is 0.252 e. The summed E-state index contributed by atoms with van der Waals surface area (Å²) in [5.41, 5.74) is 31.4. The zero-order valence-corrected chi connectivity index (χ0v) is 62.3. The van der Waals surface area contributed by atoms with Gasteiger partial charge in [-0.05, 0) is 196 Å². The minimum atomic E-state index is -0.302. The van der Waals surface area contributed by atoms with Crippen molar-refractivity contribution < 1.29 is 0 Å². The zero-order chi connectivity index (χ0) is 74.9. The predicted molar refractivity (Wildman–Crippen MR) is 486 cm³/mol. The van der Waals surface area contributed by atoms with Gasteiger partial charge >= 0.3 is 0 Å². The molecule has 0 amide bonds. The summed E-state index contributed by atoms with van der Waals surface area (Å²) in [6.45, 7) is -0.302. The average Bonchev–Trinajstić information content (AvgIpc) is 0.685. The number of fused-ring (bicyclic) bond motifs is 4. The summed E-state index contributed by atoms with van der Waals surface area (Å²) >= 11 is 0. The van der Waals surface area contributed by atoms with Crippen LogP contribution < -0.4 is 31.1 Å². The van der Waals surface area contributed by atoms with Crippen LogP contribution in [0.25, 0.3) is 154 Å². The van der Waals surface area contributed by atoms with Gasteiger partial charge in [-0.3, -0.25) is 0 Å². The first-order valence-electron chi connectivity index (χ1n) is 39.6. The molecule has 0 atom stereocenters. The molecule has 0 aliphatic carbocycles. The predicted octanol–water partition coefficient (Wildman–Crippen LogP) is 28.4. The molecule has 0 aromatic heterocycles. The highest BCUT2D eigenvalue weighted by molar-refractivity contribution is 7.00. The average molecular weight is 1440 g/mol. The van der Waals surface area contributed by atoms with Gasteiger partial charge in [0.2, 0.25) is 0 Å². The van der Waals surface area contributed by atoms with Crippen LogP contribution in [0.3, 0.4) is 0 Å². The van der Waals surface area contributed by atoms with Gasteiger partial charge in [0.1, 0.15) is 0 Å². The molecule has 0 fully saturated rings. The smallest absolute Gasteiger partial charge is 0.252 e. The molecule has 0 N–H and O–H groups in total. The van der Waals surface area contributed by atoms with Crippen LogP contribution in [0.5, 0.6) is 0 Å². The molecular weight excluding hydrogens is 1370 g/mol. The van der Waals surface area contributed by atoms with Crippen molar-refractivity contribution in [1.29, 1.82) is 0 Å². The molecule has 2 heterocycles. The van der Waals surface area contributed by atoms with Crippen molar-refractivity contribution in [2.45, 2.75) is 0 Å². The largest absolute Gasteiger partial charge is 0.310 e. The zero-order valence-electron chi connectivity index (χ0n) is 62.3. The van der Waals surface area contributed by atoms with Crippen molar-refractivity contribution >= 4 is 139 Å². The lowest BCUT2D eigenvalue weighted by atomic mass is 9.33. The molecule has 4 heteroatoms. The molecule has 3 nitrogen and oxygen atoms in total. The van der Waals surface area contributed by atoms with E-state index in [1.807, 2.05) is 0 Å². The molecule has 0 saturated carbocycles. The fourth-order valence-corrected chi connectivity index (χ4v) is 19.2. The van der Waals surface area contributed by atoms with Gasteiger partial charge in [0, 0.05) is 56.4 Å². The lowest BCUT2D eigenvalue weighted by Gasteiger charge is -2.46. The Morgan fingerprint density at radius 3 is 0.825 bits per heavy atom. The van der Waals surface area contributed by atoms with Crippen LogP contribution in [0.15, 0.2) is 425 Å². The summed E-state index contributed by atoms with van der Waals surface area (Å²) in [6, 6.07) is 160. The summed E-state index contributed by atoms with van der Waals surface area (Å²) in [4.78, 5) is 7.93. The summed E-state index contributed by atoms with van der Waals surface area (Å²) in [7, 11) is 0. The number of para-hydroxylation sites is 2. The Morgan fingerprint density at radius 2 is 0.474 bits per heavy atom. The Labute approximate surface area is 662 Å². The van der Waals surface area contributed by atoms with E-state index >= 15 is 0 Å². The molecule has 23 rings (SSSR count). The molecule has 21 aromatic rings. The Morgan fingerprint density at radius 1 is 0.184 bits per heavy atom. The quantitative estimate of drug-likeness (QED) is 0.0841. The van der Waals surface area contributed by atoms with Crippen molar-refractivity contribution in [3.63, 3.8) is 0 Å². The van der Waals surface area contributed by atoms with Crippen molar-refractivity contribution in [1.82, 2.24) is 0 Å². The van der Waals surface area contributed by atoms with Crippen LogP contribution in [0, 0.1) is 0 Å². The molecule has 0 bridgehead atoms. The Kier molecular flexibility index (Phi) is 15.1. The van der Waals surface area contributed by atoms with Crippen molar-refractivity contribution in [2.24, 2.45) is 0 Å². The molecule has 21 aromatic carbocycles. The van der Waals surface area contributed by atoms with Gasteiger partial charge in [0.25, 0.3) is 6.71 Å². The highest BCUT2D eigenvalue weighted by Gasteiger charge is 2.46. The fourth-order valence-electron chi connectivity index (χ4n) is 19.2. The van der Waals surface area contributed by atoms with Crippen LogP contribution in [-0.2, 0) is 0 Å². The van der Waals surface area contributed by atoms with Gasteiger partial charge in [-0.1, -0.05) is 376 Å². The second-order valence-corrected chi connectivity index (χ2v) is 30.5. The van der Waals surface area contributed by atoms with Crippen LogP contribution in [-0.4, -0.2) is 6.71 Å². The monoisotopic (exact) mass is 1440 g/mol. The lowest BCUT2D eigenvalue weighted by molar-refractivity contribution is 1.23. The van der Waals surface area contributed by atoms with Crippen LogP contribution in [0.2, 0.25) is 0 Å². The number of rotatable bonds is 13. The van der Waals surface area contributed by atoms with E-state index < -0.39 is 0 Å². The van der Waals surface area contributed by atoms with E-state index in [1.165, 1.54) is 92.2 Å². The van der Waals surface area contributed by atoms with Gasteiger partial charge < -0.3 is 14.7 Å². The van der Waals surface area contributed by atoms with Crippen molar-refractivity contribution in [2.75, 3.05) is 14.7 Å². The third-order valence-corrected chi connectivity index (χ3v) is 24.3. The number of benzene rings is 21. The van der Waals surface area contributed by atoms with E-state index in [4.69, 9.17) is 0 Å². The number of nitrogens with zero attached hydrogens (tertiary/aromatic N) is 3. The van der Waals surface area contributed by atoms with Gasteiger partial charge in [-0.25, -0.2) is 0 Å². The van der Waals surface area contributed by atoms with E-state index in [0.717, 1.165) is 129 Å². The Bertz CT molecular complexity index is 6730. The summed E-state index contributed by atoms with van der Waals surface area (Å²) < 4.78 is 0. The van der Waals surface area contributed by atoms with E-state index in [1.54, 1.807) is 0 Å². The second-order valence-electron chi connectivity index (χ2n) is 30.5. The van der Waals surface area contributed by atoms with Crippen LogP contribution in [0.4, 0.5) is 51.2 Å². The van der Waals surface area contributed by atoms with E-state index in [9.17, 15) is 0 Å². The van der Waals surface area contributed by atoms with Crippen LogP contribution in [0.1, 0.15) is 0 Å². The highest BCUT2D eigenvalue weighted by atomic mass is 15.2. The van der Waals surface area contributed by atoms with Gasteiger partial charge in [-0.2, -0.15) is 0 Å². The molecule has 0 unspecified atom stereocenters. The minimum Gasteiger partial charge on any atom is -0.310 e. The molecule has 0 radical (unpaired) electrons. The molecule has 114 heavy (non-hydrogen) atoms. The third-order valence-electron chi connectivity index (χ3n) is 24.3. The molecular formula is C110H70BN3. The molecule has 0 spiro atoms. The lowest BCUT2D eigenvalue weighted by Crippen LogP contribution is -2.61. The SMILES string of the molecule is c1ccc(-c2ccc(N(c3ccc(-c4ccccc4)cc3)c3cc4c5c(c3)N(c3c(-c6ccccc6)cccc3-c3ccccc3)c3cc(-c6ccc7ccc8cccc9ccc6c7c89)ccc3B5c3ccc(-c5ccc6ccc7cccc8ccc5c6c78)cc3N4c3c(-c4ccccc4)cccc3-c3ccccc3)cc2)cc1. The normalized spacial score (nSPS) is 12.3. The summed E-state index contributed by atoms with van der Waals surface area (Å²) in [5.74, 6) is 0. The standard InChI is InChI=1S/C110H70BN3/c1-7-23-71(24-8-1)73-47-57-87(58-48-73)112(88-59-49-74(50-60-88)72-25-9-2-10-26-72)89-69-102-108-103(70-89)114(110-94(77-31-15-5-16-32-77)41-22-42-95(110)78-33-17-6-18-34-78)101-68-86(91-62-52-84-46-44-80-36-20-38-82-54-64-97(91)107(84)105(80)82)56-66-99(101)111(108)98-65-55-85(90-61-51-83-45-43-79-35-19-37-81-53-63-96(90)106(83)104(79)81)67-100(98)113(102)109-92(75-27-11-3-12-28-75)39-21-40-93(109)76-29-13-4-14-30-76/h1-70H. The van der Waals surface area contributed by atoms with E-state index in [2.05, 4.69) is 439 Å². The first-order valence-corrected chi connectivity index (χ1v) is 39.6. The molecule has 2 aliphatic rings. The summed E-state index contributed by atoms with van der Waals surface area (Å²) in [6.07, 6.45) is 0. The topological polar surface area (TPSA) is 9.72 Å². The van der Waals surface area contributed by atoms with Crippen LogP contribution >= 0.6 is 0 Å². The summed E-state index contributed by atoms with van der Waals surface area (Å²) in [5, 5.41) is 15.1. The number of hydrogen-bond donors (Lipinski definition) is 0. The maximum atomic E-state index is 2.71.